The minimum absolute atomic E-state index is 0.387. The molecule has 0 bridgehead atoms. The lowest BCUT2D eigenvalue weighted by molar-refractivity contribution is 0.159. The maximum absolute atomic E-state index is 5.55. The molecule has 2 heterocycles. The van der Waals surface area contributed by atoms with E-state index in [1.54, 1.807) is 6.26 Å². The van der Waals surface area contributed by atoms with E-state index in [0.29, 0.717) is 18.7 Å². The number of piperidine rings is 1. The number of nitrogens with zero attached hydrogens (tertiary/aromatic N) is 2. The Balaban J connectivity index is 1.65. The highest BCUT2D eigenvalue weighted by Crippen LogP contribution is 2.11. The average molecular weight is 267 g/mol. The van der Waals surface area contributed by atoms with Crippen LogP contribution in [0.15, 0.2) is 10.7 Å². The topological polar surface area (TPSA) is 50.5 Å². The summed E-state index contributed by atoms with van der Waals surface area (Å²) in [4.78, 5) is 6.73. The van der Waals surface area contributed by atoms with Crippen LogP contribution in [0.4, 0.5) is 0 Å². The summed E-state index contributed by atoms with van der Waals surface area (Å²) in [7, 11) is 0. The van der Waals surface area contributed by atoms with Crippen LogP contribution in [0.2, 0.25) is 0 Å². The molecule has 0 unspecified atom stereocenters. The van der Waals surface area contributed by atoms with Crippen molar-refractivity contribution in [2.75, 3.05) is 26.2 Å². The normalized spacial score (nSPS) is 17.0. The molecular formula is C14H25N3O2. The standard InChI is InChI=1S/C14H25N3O2/c1-12(2)15-10-13-11-19-14(16-13)18-9-8-17-6-4-3-5-7-17/h11-12,15H,3-10H2,1-2H3. The smallest absolute Gasteiger partial charge is 0.393 e. The highest BCUT2D eigenvalue weighted by Gasteiger charge is 2.11. The van der Waals surface area contributed by atoms with Gasteiger partial charge in [-0.25, -0.2) is 0 Å². The van der Waals surface area contributed by atoms with E-state index in [1.807, 2.05) is 0 Å². The van der Waals surface area contributed by atoms with Crippen molar-refractivity contribution in [3.8, 4) is 6.08 Å². The molecule has 5 heteroatoms. The van der Waals surface area contributed by atoms with Crippen molar-refractivity contribution in [3.05, 3.63) is 12.0 Å². The second kappa shape index (κ2) is 7.50. The Morgan fingerprint density at radius 3 is 2.89 bits per heavy atom. The van der Waals surface area contributed by atoms with E-state index in [-0.39, 0.29) is 0 Å². The number of likely N-dealkylation sites (tertiary alicyclic amines) is 1. The molecule has 0 atom stereocenters. The molecule has 1 aliphatic heterocycles. The van der Waals surface area contributed by atoms with Gasteiger partial charge in [-0.3, -0.25) is 4.90 Å². The van der Waals surface area contributed by atoms with E-state index in [1.165, 1.54) is 32.4 Å². The van der Waals surface area contributed by atoms with E-state index in [9.17, 15) is 0 Å². The Kier molecular flexibility index (Phi) is 5.66. The summed E-state index contributed by atoms with van der Waals surface area (Å²) in [6.45, 7) is 8.93. The van der Waals surface area contributed by atoms with Crippen molar-refractivity contribution in [3.63, 3.8) is 0 Å². The summed E-state index contributed by atoms with van der Waals surface area (Å²) in [5.74, 6) is 0. The fourth-order valence-corrected chi connectivity index (χ4v) is 2.19. The maximum atomic E-state index is 5.55. The number of nitrogens with one attached hydrogen (secondary N) is 1. The van der Waals surface area contributed by atoms with Crippen molar-refractivity contribution < 1.29 is 9.15 Å². The van der Waals surface area contributed by atoms with Crippen LogP contribution in [-0.4, -0.2) is 42.2 Å². The summed E-state index contributed by atoms with van der Waals surface area (Å²) < 4.78 is 10.8. The molecule has 2 rings (SSSR count). The summed E-state index contributed by atoms with van der Waals surface area (Å²) >= 11 is 0. The molecule has 0 radical (unpaired) electrons. The molecule has 108 valence electrons. The number of oxazole rings is 1. The zero-order valence-corrected chi connectivity index (χ0v) is 12.0. The lowest BCUT2D eigenvalue weighted by Gasteiger charge is -2.25. The maximum Gasteiger partial charge on any atom is 0.393 e. The highest BCUT2D eigenvalue weighted by atomic mass is 16.6. The fourth-order valence-electron chi connectivity index (χ4n) is 2.19. The van der Waals surface area contributed by atoms with Crippen molar-refractivity contribution in [2.45, 2.75) is 45.7 Å². The van der Waals surface area contributed by atoms with Crippen LogP contribution in [0.1, 0.15) is 38.8 Å². The van der Waals surface area contributed by atoms with Gasteiger partial charge in [0.15, 0.2) is 0 Å². The molecule has 1 saturated heterocycles. The SMILES string of the molecule is CC(C)NCc1coc(OCCN2CCCCC2)n1. The molecular weight excluding hydrogens is 242 g/mol. The van der Waals surface area contributed by atoms with E-state index in [4.69, 9.17) is 9.15 Å². The van der Waals surface area contributed by atoms with Crippen molar-refractivity contribution >= 4 is 0 Å². The summed E-state index contributed by atoms with van der Waals surface area (Å²) in [5.41, 5.74) is 0.890. The first-order valence-electron chi connectivity index (χ1n) is 7.27. The molecule has 0 spiro atoms. The zero-order chi connectivity index (χ0) is 13.5. The molecule has 0 amide bonds. The average Bonchev–Trinajstić information content (AvgIpc) is 2.86. The van der Waals surface area contributed by atoms with Gasteiger partial charge in [-0.15, -0.1) is 0 Å². The molecule has 1 N–H and O–H groups in total. The molecule has 1 aromatic rings. The molecule has 0 saturated carbocycles. The molecule has 1 fully saturated rings. The number of hydrogen-bond acceptors (Lipinski definition) is 5. The summed E-state index contributed by atoms with van der Waals surface area (Å²) in [5, 5.41) is 3.30. The number of aromatic nitrogens is 1. The van der Waals surface area contributed by atoms with Gasteiger partial charge in [0.05, 0.1) is 5.69 Å². The van der Waals surface area contributed by atoms with Gasteiger partial charge in [-0.2, -0.15) is 4.98 Å². The van der Waals surface area contributed by atoms with Gasteiger partial charge >= 0.3 is 6.08 Å². The molecule has 0 aliphatic carbocycles. The number of hydrogen-bond donors (Lipinski definition) is 1. The quantitative estimate of drug-likeness (QED) is 0.819. The van der Waals surface area contributed by atoms with E-state index in [2.05, 4.69) is 29.0 Å². The minimum Gasteiger partial charge on any atom is -0.449 e. The third kappa shape index (κ3) is 5.20. The van der Waals surface area contributed by atoms with Crippen LogP contribution < -0.4 is 10.1 Å². The fraction of sp³-hybridized carbons (Fsp3) is 0.786. The highest BCUT2D eigenvalue weighted by molar-refractivity contribution is 4.99. The lowest BCUT2D eigenvalue weighted by atomic mass is 10.1. The van der Waals surface area contributed by atoms with Crippen LogP contribution in [0.5, 0.6) is 6.08 Å². The predicted molar refractivity (Wildman–Crippen MR) is 74.3 cm³/mol. The Bertz CT molecular complexity index is 359. The second-order valence-electron chi connectivity index (χ2n) is 5.39. The van der Waals surface area contributed by atoms with E-state index >= 15 is 0 Å². The first kappa shape index (κ1) is 14.3. The lowest BCUT2D eigenvalue weighted by Crippen LogP contribution is -2.33. The summed E-state index contributed by atoms with van der Waals surface area (Å²) in [6.07, 6.45) is 6.03. The Labute approximate surface area is 115 Å². The van der Waals surface area contributed by atoms with Crippen LogP contribution in [0, 0.1) is 0 Å². The number of ether oxygens (including phenoxy) is 1. The van der Waals surface area contributed by atoms with Crippen LogP contribution >= 0.6 is 0 Å². The number of rotatable bonds is 7. The van der Waals surface area contributed by atoms with Crippen molar-refractivity contribution in [2.24, 2.45) is 0 Å². The van der Waals surface area contributed by atoms with Crippen molar-refractivity contribution in [1.29, 1.82) is 0 Å². The third-order valence-electron chi connectivity index (χ3n) is 3.30. The molecule has 5 nitrogen and oxygen atoms in total. The molecule has 19 heavy (non-hydrogen) atoms. The van der Waals surface area contributed by atoms with Gasteiger partial charge in [0.1, 0.15) is 12.9 Å². The van der Waals surface area contributed by atoms with Gasteiger partial charge < -0.3 is 14.5 Å². The Hall–Kier alpha value is -1.07. The van der Waals surface area contributed by atoms with Crippen LogP contribution in [-0.2, 0) is 6.54 Å². The van der Waals surface area contributed by atoms with Gasteiger partial charge in [0.2, 0.25) is 0 Å². The minimum atomic E-state index is 0.387. The first-order chi connectivity index (χ1) is 9.24. The van der Waals surface area contributed by atoms with E-state index in [0.717, 1.165) is 18.8 Å². The zero-order valence-electron chi connectivity index (χ0n) is 12.0. The monoisotopic (exact) mass is 267 g/mol. The van der Waals surface area contributed by atoms with Crippen molar-refractivity contribution in [1.82, 2.24) is 15.2 Å². The van der Waals surface area contributed by atoms with Gasteiger partial charge in [0.25, 0.3) is 0 Å². The predicted octanol–water partition coefficient (Wildman–Crippen LogP) is 2.04. The summed E-state index contributed by atoms with van der Waals surface area (Å²) in [6, 6.07) is 0.445. The molecule has 0 aromatic carbocycles. The molecule has 1 aromatic heterocycles. The Morgan fingerprint density at radius 2 is 2.16 bits per heavy atom. The first-order valence-corrected chi connectivity index (χ1v) is 7.27. The molecule has 1 aliphatic rings. The second-order valence-corrected chi connectivity index (χ2v) is 5.39. The van der Waals surface area contributed by atoms with Gasteiger partial charge in [0, 0.05) is 19.1 Å². The van der Waals surface area contributed by atoms with E-state index < -0.39 is 0 Å². The largest absolute Gasteiger partial charge is 0.449 e. The van der Waals surface area contributed by atoms with Crippen LogP contribution in [0.25, 0.3) is 0 Å². The Morgan fingerprint density at radius 1 is 1.37 bits per heavy atom. The van der Waals surface area contributed by atoms with Crippen LogP contribution in [0.3, 0.4) is 0 Å². The third-order valence-corrected chi connectivity index (χ3v) is 3.30. The van der Waals surface area contributed by atoms with Gasteiger partial charge in [-0.05, 0) is 25.9 Å². The van der Waals surface area contributed by atoms with Gasteiger partial charge in [-0.1, -0.05) is 20.3 Å².